The van der Waals surface area contributed by atoms with E-state index in [1.54, 1.807) is 35.2 Å². The Labute approximate surface area is 124 Å². The van der Waals surface area contributed by atoms with Gasteiger partial charge in [0, 0.05) is 19.0 Å². The number of aliphatic hydroxyl groups is 1. The van der Waals surface area contributed by atoms with Crippen LogP contribution in [0.2, 0.25) is 0 Å². The zero-order chi connectivity index (χ0) is 15.0. The van der Waals surface area contributed by atoms with Crippen molar-refractivity contribution < 1.29 is 18.3 Å². The lowest BCUT2D eigenvalue weighted by Crippen LogP contribution is -2.55. The van der Waals surface area contributed by atoms with E-state index in [1.165, 1.54) is 0 Å². The molecule has 0 radical (unpaired) electrons. The van der Waals surface area contributed by atoms with E-state index >= 15 is 0 Å². The number of rotatable bonds is 3. The predicted molar refractivity (Wildman–Crippen MR) is 77.3 cm³/mol. The molecule has 6 heteroatoms. The standard InChI is InChI=1S/C15H19NO4S/c17-12-9-16(10-12)15(18)11-6-7-14(8-11)21(19,20)13-4-2-1-3-5-13/h1-5,11-12,14,17H,6-10H2/t11-,14-/m1/s1. The highest BCUT2D eigenvalue weighted by atomic mass is 32.2. The quantitative estimate of drug-likeness (QED) is 0.897. The Hall–Kier alpha value is -1.40. The largest absolute Gasteiger partial charge is 0.389 e. The second kappa shape index (κ2) is 5.42. The fourth-order valence-corrected chi connectivity index (χ4v) is 5.00. The zero-order valence-electron chi connectivity index (χ0n) is 11.7. The molecule has 0 aromatic heterocycles. The van der Waals surface area contributed by atoms with Crippen molar-refractivity contribution in [2.24, 2.45) is 5.92 Å². The molecule has 1 saturated carbocycles. The van der Waals surface area contributed by atoms with Crippen LogP contribution in [-0.4, -0.2) is 48.8 Å². The normalized spacial score (nSPS) is 26.6. The Bertz CT molecular complexity index is 622. The minimum atomic E-state index is -3.35. The van der Waals surface area contributed by atoms with E-state index in [2.05, 4.69) is 0 Å². The van der Waals surface area contributed by atoms with Crippen molar-refractivity contribution in [2.75, 3.05) is 13.1 Å². The lowest BCUT2D eigenvalue weighted by molar-refractivity contribution is -0.145. The molecular formula is C15H19NO4S. The maximum Gasteiger partial charge on any atom is 0.225 e. The van der Waals surface area contributed by atoms with Crippen LogP contribution in [0.15, 0.2) is 35.2 Å². The molecule has 2 fully saturated rings. The number of carbonyl (C=O) groups is 1. The number of nitrogens with zero attached hydrogens (tertiary/aromatic N) is 1. The smallest absolute Gasteiger partial charge is 0.225 e. The highest BCUT2D eigenvalue weighted by Gasteiger charge is 2.41. The van der Waals surface area contributed by atoms with Gasteiger partial charge in [0.1, 0.15) is 0 Å². The summed E-state index contributed by atoms with van der Waals surface area (Å²) in [5, 5.41) is 8.78. The number of sulfone groups is 1. The number of benzene rings is 1. The molecule has 2 aliphatic rings. The molecule has 1 saturated heterocycles. The Morgan fingerprint density at radius 2 is 1.81 bits per heavy atom. The summed E-state index contributed by atoms with van der Waals surface area (Å²) in [5.74, 6) is -0.230. The van der Waals surface area contributed by atoms with E-state index in [-0.39, 0.29) is 11.8 Å². The monoisotopic (exact) mass is 309 g/mol. The molecule has 1 aliphatic heterocycles. The van der Waals surface area contributed by atoms with Crippen LogP contribution in [0.1, 0.15) is 19.3 Å². The highest BCUT2D eigenvalue weighted by molar-refractivity contribution is 7.92. The fourth-order valence-electron chi connectivity index (χ4n) is 3.14. The summed E-state index contributed by atoms with van der Waals surface area (Å²) >= 11 is 0. The lowest BCUT2D eigenvalue weighted by Gasteiger charge is -2.37. The average Bonchev–Trinajstić information content (AvgIpc) is 2.95. The third-order valence-corrected chi connectivity index (χ3v) is 6.65. The van der Waals surface area contributed by atoms with E-state index in [1.807, 2.05) is 0 Å². The van der Waals surface area contributed by atoms with Crippen LogP contribution in [0.3, 0.4) is 0 Å². The van der Waals surface area contributed by atoms with E-state index in [4.69, 9.17) is 0 Å². The van der Waals surface area contributed by atoms with Gasteiger partial charge >= 0.3 is 0 Å². The Morgan fingerprint density at radius 1 is 1.14 bits per heavy atom. The van der Waals surface area contributed by atoms with Gasteiger partial charge in [-0.15, -0.1) is 0 Å². The molecule has 1 aromatic carbocycles. The van der Waals surface area contributed by atoms with Gasteiger partial charge in [-0.2, -0.15) is 0 Å². The molecule has 5 nitrogen and oxygen atoms in total. The van der Waals surface area contributed by atoms with Gasteiger partial charge in [-0.1, -0.05) is 18.2 Å². The lowest BCUT2D eigenvalue weighted by atomic mass is 10.0. The van der Waals surface area contributed by atoms with Crippen LogP contribution in [0.5, 0.6) is 0 Å². The molecule has 2 atom stereocenters. The summed E-state index contributed by atoms with van der Waals surface area (Å²) in [6, 6.07) is 8.43. The second-order valence-electron chi connectivity index (χ2n) is 5.89. The Balaban J connectivity index is 1.68. The number of β-amino-alcohol motifs (C(OH)–C–C–N with tert-alkyl or cyclic N) is 1. The van der Waals surface area contributed by atoms with Crippen molar-refractivity contribution in [1.29, 1.82) is 0 Å². The minimum absolute atomic E-state index is 0.00828. The number of amides is 1. The predicted octanol–water partition coefficient (Wildman–Crippen LogP) is 0.832. The van der Waals surface area contributed by atoms with Crippen molar-refractivity contribution in [2.45, 2.75) is 35.5 Å². The van der Waals surface area contributed by atoms with Gasteiger partial charge in [-0.3, -0.25) is 4.79 Å². The van der Waals surface area contributed by atoms with Crippen LogP contribution in [0.4, 0.5) is 0 Å². The van der Waals surface area contributed by atoms with Crippen LogP contribution in [0.25, 0.3) is 0 Å². The second-order valence-corrected chi connectivity index (χ2v) is 8.12. The minimum Gasteiger partial charge on any atom is -0.389 e. The van der Waals surface area contributed by atoms with Crippen LogP contribution in [0, 0.1) is 5.92 Å². The fraction of sp³-hybridized carbons (Fsp3) is 0.533. The van der Waals surface area contributed by atoms with Gasteiger partial charge in [-0.25, -0.2) is 8.42 Å². The van der Waals surface area contributed by atoms with E-state index in [9.17, 15) is 18.3 Å². The van der Waals surface area contributed by atoms with Gasteiger partial charge in [-0.05, 0) is 31.4 Å². The third kappa shape index (κ3) is 2.70. The number of hydrogen-bond donors (Lipinski definition) is 1. The molecule has 3 rings (SSSR count). The SMILES string of the molecule is O=C([C@@H]1CC[C@@H](S(=O)(=O)c2ccccc2)C1)N1CC(O)C1. The van der Waals surface area contributed by atoms with Gasteiger partial charge in [0.2, 0.25) is 5.91 Å². The summed E-state index contributed by atoms with van der Waals surface area (Å²) in [5.41, 5.74) is 0. The molecule has 1 amide bonds. The third-order valence-electron chi connectivity index (χ3n) is 4.42. The van der Waals surface area contributed by atoms with Gasteiger partial charge < -0.3 is 10.0 Å². The zero-order valence-corrected chi connectivity index (χ0v) is 12.5. The molecule has 0 bridgehead atoms. The number of likely N-dealkylation sites (tertiary alicyclic amines) is 1. The molecule has 0 unspecified atom stereocenters. The number of hydrogen-bond acceptors (Lipinski definition) is 4. The van der Waals surface area contributed by atoms with Crippen molar-refractivity contribution in [1.82, 2.24) is 4.90 Å². The molecule has 114 valence electrons. The van der Waals surface area contributed by atoms with Crippen molar-refractivity contribution in [3.63, 3.8) is 0 Å². The Kier molecular flexibility index (Phi) is 3.75. The first kappa shape index (κ1) is 14.5. The summed E-state index contributed by atoms with van der Waals surface area (Å²) < 4.78 is 25.1. The number of aliphatic hydroxyl groups excluding tert-OH is 1. The molecule has 1 aliphatic carbocycles. The summed E-state index contributed by atoms with van der Waals surface area (Å²) in [7, 11) is -3.35. The van der Waals surface area contributed by atoms with Crippen molar-refractivity contribution in [3.05, 3.63) is 30.3 Å². The maximum absolute atomic E-state index is 12.5. The van der Waals surface area contributed by atoms with E-state index in [0.29, 0.717) is 37.2 Å². The summed E-state index contributed by atoms with van der Waals surface area (Å²) in [6.07, 6.45) is 1.12. The maximum atomic E-state index is 12.5. The first-order valence-electron chi connectivity index (χ1n) is 7.24. The highest BCUT2D eigenvalue weighted by Crippen LogP contribution is 2.35. The molecule has 1 heterocycles. The number of carbonyl (C=O) groups excluding carboxylic acids is 1. The first-order chi connectivity index (χ1) is 9.98. The summed E-state index contributed by atoms with van der Waals surface area (Å²) in [4.78, 5) is 14.2. The topological polar surface area (TPSA) is 74.7 Å². The van der Waals surface area contributed by atoms with Crippen LogP contribution >= 0.6 is 0 Å². The van der Waals surface area contributed by atoms with Crippen molar-refractivity contribution >= 4 is 15.7 Å². The molecule has 1 aromatic rings. The van der Waals surface area contributed by atoms with Gasteiger partial charge in [0.05, 0.1) is 16.2 Å². The van der Waals surface area contributed by atoms with Gasteiger partial charge in [0.15, 0.2) is 9.84 Å². The van der Waals surface area contributed by atoms with Crippen LogP contribution in [-0.2, 0) is 14.6 Å². The average molecular weight is 309 g/mol. The van der Waals surface area contributed by atoms with Crippen LogP contribution < -0.4 is 0 Å². The molecule has 21 heavy (non-hydrogen) atoms. The van der Waals surface area contributed by atoms with Gasteiger partial charge in [0.25, 0.3) is 0 Å². The molecular weight excluding hydrogens is 290 g/mol. The van der Waals surface area contributed by atoms with Crippen molar-refractivity contribution in [3.8, 4) is 0 Å². The molecule has 0 spiro atoms. The first-order valence-corrected chi connectivity index (χ1v) is 8.79. The molecule has 1 N–H and O–H groups in total. The van der Waals surface area contributed by atoms with E-state index < -0.39 is 21.2 Å². The Morgan fingerprint density at radius 3 is 2.43 bits per heavy atom. The summed E-state index contributed by atoms with van der Waals surface area (Å²) in [6.45, 7) is 0.761. The van der Waals surface area contributed by atoms with E-state index in [0.717, 1.165) is 0 Å².